The Balaban J connectivity index is 1.27. The molecule has 0 bridgehead atoms. The van der Waals surface area contributed by atoms with E-state index < -0.39 is 27.6 Å². The van der Waals surface area contributed by atoms with Gasteiger partial charge in [0, 0.05) is 49.1 Å². The van der Waals surface area contributed by atoms with Crippen LogP contribution in [0.1, 0.15) is 47.6 Å². The van der Waals surface area contributed by atoms with Gasteiger partial charge in [-0.05, 0) is 61.7 Å². The van der Waals surface area contributed by atoms with Crippen molar-refractivity contribution in [3.05, 3.63) is 88.2 Å². The highest BCUT2D eigenvalue weighted by Gasteiger charge is 2.37. The summed E-state index contributed by atoms with van der Waals surface area (Å²) in [6.07, 6.45) is 7.69. The zero-order valence-electron chi connectivity index (χ0n) is 21.0. The molecule has 2 aliphatic heterocycles. The SMILES string of the molecule is CN1C(=O)C[C@@H]2CC(S(=O)(=O)NC(=O)c3cnn4ccc(N5CCCC5c5cc(F)ccc5F)cc34)=CC=C21. The van der Waals surface area contributed by atoms with Crippen molar-refractivity contribution < 1.29 is 26.8 Å². The minimum atomic E-state index is -4.17. The molecule has 1 aromatic carbocycles. The summed E-state index contributed by atoms with van der Waals surface area (Å²) >= 11 is 0. The Morgan fingerprint density at radius 2 is 1.95 bits per heavy atom. The number of fused-ring (bicyclic) bond motifs is 2. The molecule has 6 rings (SSSR count). The first-order valence-corrected chi connectivity index (χ1v) is 14.0. The smallest absolute Gasteiger partial charge is 0.268 e. The average Bonchev–Trinajstić information content (AvgIpc) is 3.62. The Kier molecular flexibility index (Phi) is 6.01. The van der Waals surface area contributed by atoms with Crippen LogP contribution in [-0.4, -0.2) is 48.3 Å². The molecule has 2 amide bonds. The van der Waals surface area contributed by atoms with E-state index in [0.717, 1.165) is 24.3 Å². The molecule has 2 atom stereocenters. The normalized spacial score (nSPS) is 21.3. The second kappa shape index (κ2) is 9.30. The van der Waals surface area contributed by atoms with Crippen LogP contribution in [-0.2, 0) is 14.8 Å². The van der Waals surface area contributed by atoms with Crippen LogP contribution in [0.3, 0.4) is 0 Å². The van der Waals surface area contributed by atoms with Crippen LogP contribution in [0.4, 0.5) is 14.5 Å². The molecule has 1 unspecified atom stereocenters. The first kappa shape index (κ1) is 25.2. The molecule has 12 heteroatoms. The Labute approximate surface area is 223 Å². The lowest BCUT2D eigenvalue weighted by Gasteiger charge is -2.27. The third-order valence-electron chi connectivity index (χ3n) is 7.71. The Morgan fingerprint density at radius 3 is 2.77 bits per heavy atom. The van der Waals surface area contributed by atoms with Gasteiger partial charge in [-0.3, -0.25) is 9.59 Å². The van der Waals surface area contributed by atoms with Gasteiger partial charge >= 0.3 is 0 Å². The number of aromatic nitrogens is 2. The molecule has 9 nitrogen and oxygen atoms in total. The highest BCUT2D eigenvalue weighted by molar-refractivity contribution is 7.93. The highest BCUT2D eigenvalue weighted by atomic mass is 32.2. The van der Waals surface area contributed by atoms with E-state index in [0.29, 0.717) is 24.2 Å². The van der Waals surface area contributed by atoms with Crippen molar-refractivity contribution in [2.75, 3.05) is 18.5 Å². The Bertz CT molecular complexity index is 1700. The quantitative estimate of drug-likeness (QED) is 0.517. The number of likely N-dealkylation sites (tertiary alicyclic amines) is 1. The van der Waals surface area contributed by atoms with Crippen LogP contribution < -0.4 is 9.62 Å². The lowest BCUT2D eigenvalue weighted by atomic mass is 9.97. The number of anilines is 1. The molecule has 2 saturated heterocycles. The average molecular weight is 554 g/mol. The predicted octanol–water partition coefficient (Wildman–Crippen LogP) is 3.66. The third-order valence-corrected chi connectivity index (χ3v) is 9.16. The second-order valence-corrected chi connectivity index (χ2v) is 11.7. The number of halogens is 2. The molecular weight excluding hydrogens is 528 g/mol. The number of nitrogens with zero attached hydrogens (tertiary/aromatic N) is 4. The van der Waals surface area contributed by atoms with Gasteiger partial charge in [0.25, 0.3) is 15.9 Å². The predicted molar refractivity (Wildman–Crippen MR) is 139 cm³/mol. The van der Waals surface area contributed by atoms with Gasteiger partial charge < -0.3 is 9.80 Å². The number of allylic oxidation sites excluding steroid dienone is 4. The van der Waals surface area contributed by atoms with Crippen molar-refractivity contribution in [3.8, 4) is 0 Å². The van der Waals surface area contributed by atoms with Crippen LogP contribution in [0.5, 0.6) is 0 Å². The highest BCUT2D eigenvalue weighted by Crippen LogP contribution is 2.39. The van der Waals surface area contributed by atoms with E-state index in [9.17, 15) is 26.8 Å². The summed E-state index contributed by atoms with van der Waals surface area (Å²) in [4.78, 5) is 28.7. The molecule has 4 heterocycles. The number of carbonyl (C=O) groups excluding carboxylic acids is 2. The van der Waals surface area contributed by atoms with E-state index in [-0.39, 0.29) is 46.7 Å². The van der Waals surface area contributed by atoms with Gasteiger partial charge in [0.1, 0.15) is 11.6 Å². The first-order valence-electron chi connectivity index (χ1n) is 12.6. The zero-order chi connectivity index (χ0) is 27.5. The maximum atomic E-state index is 14.6. The van der Waals surface area contributed by atoms with Crippen molar-refractivity contribution in [2.24, 2.45) is 5.92 Å². The number of rotatable bonds is 5. The van der Waals surface area contributed by atoms with E-state index in [4.69, 9.17) is 0 Å². The van der Waals surface area contributed by atoms with Crippen LogP contribution in [0.25, 0.3) is 5.52 Å². The zero-order valence-corrected chi connectivity index (χ0v) is 21.8. The molecule has 0 spiro atoms. The summed E-state index contributed by atoms with van der Waals surface area (Å²) in [5.74, 6) is -2.17. The van der Waals surface area contributed by atoms with Gasteiger partial charge in [-0.25, -0.2) is 26.4 Å². The van der Waals surface area contributed by atoms with Crippen molar-refractivity contribution in [3.63, 3.8) is 0 Å². The fourth-order valence-corrected chi connectivity index (χ4v) is 6.87. The summed E-state index contributed by atoms with van der Waals surface area (Å²) in [6, 6.07) is 6.48. The number of carbonyl (C=O) groups is 2. The lowest BCUT2D eigenvalue weighted by Crippen LogP contribution is -2.32. The maximum Gasteiger partial charge on any atom is 0.268 e. The summed E-state index contributed by atoms with van der Waals surface area (Å²) < 4.78 is 58.2. The third kappa shape index (κ3) is 4.38. The number of nitrogens with one attached hydrogen (secondary N) is 1. The number of benzene rings is 1. The second-order valence-electron chi connectivity index (χ2n) is 10.0. The van der Waals surface area contributed by atoms with Gasteiger partial charge in [0.15, 0.2) is 0 Å². The van der Waals surface area contributed by atoms with Crippen LogP contribution in [0.2, 0.25) is 0 Å². The van der Waals surface area contributed by atoms with E-state index in [2.05, 4.69) is 9.82 Å². The molecule has 39 heavy (non-hydrogen) atoms. The van der Waals surface area contributed by atoms with Crippen molar-refractivity contribution in [1.29, 1.82) is 0 Å². The monoisotopic (exact) mass is 553 g/mol. The minimum absolute atomic E-state index is 0.0295. The molecule has 0 saturated carbocycles. The van der Waals surface area contributed by atoms with Crippen molar-refractivity contribution in [1.82, 2.24) is 19.2 Å². The lowest BCUT2D eigenvalue weighted by molar-refractivity contribution is -0.125. The molecule has 202 valence electrons. The number of amides is 2. The number of pyridine rings is 1. The molecule has 2 fully saturated rings. The number of sulfonamides is 1. The fourth-order valence-electron chi connectivity index (χ4n) is 5.72. The molecule has 1 N–H and O–H groups in total. The van der Waals surface area contributed by atoms with Gasteiger partial charge in [-0.2, -0.15) is 5.10 Å². The number of hydrogen-bond donors (Lipinski definition) is 1. The van der Waals surface area contributed by atoms with E-state index in [1.807, 2.05) is 4.90 Å². The molecular formula is C27H25F2N5O4S. The molecule has 0 radical (unpaired) electrons. The van der Waals surface area contributed by atoms with Crippen molar-refractivity contribution in [2.45, 2.75) is 31.7 Å². The number of hydrogen-bond acceptors (Lipinski definition) is 6. The Hall–Kier alpha value is -4.06. The summed E-state index contributed by atoms with van der Waals surface area (Å²) in [5.41, 5.74) is 2.12. The summed E-state index contributed by atoms with van der Waals surface area (Å²) in [6.45, 7) is 0.601. The molecule has 2 aromatic heterocycles. The minimum Gasteiger partial charge on any atom is -0.364 e. The molecule has 1 aliphatic carbocycles. The fraction of sp³-hybridized carbons (Fsp3) is 0.296. The van der Waals surface area contributed by atoms with E-state index in [1.165, 1.54) is 27.8 Å². The largest absolute Gasteiger partial charge is 0.364 e. The maximum absolute atomic E-state index is 14.6. The van der Waals surface area contributed by atoms with Gasteiger partial charge in [0.2, 0.25) is 5.91 Å². The summed E-state index contributed by atoms with van der Waals surface area (Å²) in [7, 11) is -2.51. The van der Waals surface area contributed by atoms with Crippen LogP contribution in [0.15, 0.2) is 65.5 Å². The first-order chi connectivity index (χ1) is 18.6. The van der Waals surface area contributed by atoms with Crippen molar-refractivity contribution >= 4 is 33.0 Å². The van der Waals surface area contributed by atoms with E-state index in [1.54, 1.807) is 31.5 Å². The van der Waals surface area contributed by atoms with Gasteiger partial charge in [-0.1, -0.05) is 0 Å². The molecule has 3 aliphatic rings. The van der Waals surface area contributed by atoms with Crippen LogP contribution in [0, 0.1) is 17.6 Å². The summed E-state index contributed by atoms with van der Waals surface area (Å²) in [5, 5.41) is 4.18. The van der Waals surface area contributed by atoms with Crippen LogP contribution >= 0.6 is 0 Å². The van der Waals surface area contributed by atoms with Gasteiger partial charge in [0.05, 0.1) is 28.2 Å². The topological polar surface area (TPSA) is 104 Å². The van der Waals surface area contributed by atoms with Gasteiger partial charge in [-0.15, -0.1) is 0 Å². The van der Waals surface area contributed by atoms with E-state index >= 15 is 0 Å². The standard InChI is InChI=1S/C27H25F2N5O4S/c1-32-23-7-5-19(11-16(23)12-26(32)35)39(37,38)31-27(36)21-15-30-34-10-8-18(14-25(21)34)33-9-2-3-24(33)20-13-17(28)4-6-22(20)29/h4-8,10,13-16,24H,2-3,9,11-12H2,1H3,(H,31,36)/t16-,24?/m0/s1. The Morgan fingerprint density at radius 1 is 1.13 bits per heavy atom. The molecule has 3 aromatic rings.